The second-order valence-electron chi connectivity index (χ2n) is 3.80. The molecule has 0 aliphatic carbocycles. The standard InChI is InChI=1S/C14H22O4/c1-4-9-15-11-13-12(17-10-5-2)7-8-14(18-13)16-6-3/h4-5,7-8,12-14H,1-2,6,9-11H2,3H3/t12-,13+,14-/m0/s1. The topological polar surface area (TPSA) is 36.9 Å². The predicted molar refractivity (Wildman–Crippen MR) is 70.4 cm³/mol. The molecule has 1 aliphatic heterocycles. The summed E-state index contributed by atoms with van der Waals surface area (Å²) in [6, 6.07) is 0. The van der Waals surface area contributed by atoms with Gasteiger partial charge in [-0.15, -0.1) is 13.2 Å². The Morgan fingerprint density at radius 1 is 1.17 bits per heavy atom. The molecule has 0 saturated heterocycles. The summed E-state index contributed by atoms with van der Waals surface area (Å²) in [6.45, 7) is 11.2. The van der Waals surface area contributed by atoms with Gasteiger partial charge in [-0.05, 0) is 13.0 Å². The molecular formula is C14H22O4. The van der Waals surface area contributed by atoms with Gasteiger partial charge in [0.05, 0.1) is 19.8 Å². The van der Waals surface area contributed by atoms with Crippen molar-refractivity contribution in [1.82, 2.24) is 0 Å². The summed E-state index contributed by atoms with van der Waals surface area (Å²) in [7, 11) is 0. The SMILES string of the molecule is C=CCOC[C@H]1O[C@H](OCC)C=C[C@@H]1OCC=C. The van der Waals surface area contributed by atoms with Crippen molar-refractivity contribution in [2.24, 2.45) is 0 Å². The molecule has 0 fully saturated rings. The molecule has 0 unspecified atom stereocenters. The van der Waals surface area contributed by atoms with Gasteiger partial charge < -0.3 is 18.9 Å². The number of ether oxygens (including phenoxy) is 4. The largest absolute Gasteiger partial charge is 0.375 e. The maximum atomic E-state index is 5.76. The highest BCUT2D eigenvalue weighted by atomic mass is 16.7. The van der Waals surface area contributed by atoms with Crippen LogP contribution < -0.4 is 0 Å². The Morgan fingerprint density at radius 2 is 1.94 bits per heavy atom. The minimum atomic E-state index is -0.323. The molecule has 3 atom stereocenters. The van der Waals surface area contributed by atoms with Gasteiger partial charge in [-0.2, -0.15) is 0 Å². The summed E-state index contributed by atoms with van der Waals surface area (Å²) >= 11 is 0. The second-order valence-corrected chi connectivity index (χ2v) is 3.80. The van der Waals surface area contributed by atoms with Crippen LogP contribution >= 0.6 is 0 Å². The third kappa shape index (κ3) is 5.14. The van der Waals surface area contributed by atoms with Crippen LogP contribution in [-0.2, 0) is 18.9 Å². The summed E-state index contributed by atoms with van der Waals surface area (Å²) in [6.07, 6.45) is 6.60. The van der Waals surface area contributed by atoms with Crippen LogP contribution in [0.4, 0.5) is 0 Å². The summed E-state index contributed by atoms with van der Waals surface area (Å²) in [5.74, 6) is 0. The normalized spacial score (nSPS) is 27.1. The molecule has 18 heavy (non-hydrogen) atoms. The Bertz CT molecular complexity index is 275. The molecule has 4 heteroatoms. The van der Waals surface area contributed by atoms with Gasteiger partial charge in [0.1, 0.15) is 12.2 Å². The molecule has 0 amide bonds. The first kappa shape index (κ1) is 15.1. The quantitative estimate of drug-likeness (QED) is 0.466. The van der Waals surface area contributed by atoms with Crippen molar-refractivity contribution in [3.05, 3.63) is 37.5 Å². The predicted octanol–water partition coefficient (Wildman–Crippen LogP) is 2.08. The molecular weight excluding hydrogens is 232 g/mol. The van der Waals surface area contributed by atoms with Crippen molar-refractivity contribution >= 4 is 0 Å². The molecule has 0 N–H and O–H groups in total. The molecule has 1 aliphatic rings. The van der Waals surface area contributed by atoms with Crippen LogP contribution in [0.15, 0.2) is 37.5 Å². The van der Waals surface area contributed by atoms with E-state index in [1.54, 1.807) is 12.2 Å². The molecule has 1 rings (SSSR count). The summed E-state index contributed by atoms with van der Waals surface area (Å²) in [5, 5.41) is 0. The van der Waals surface area contributed by atoms with E-state index in [1.165, 1.54) is 0 Å². The molecule has 4 nitrogen and oxygen atoms in total. The highest BCUT2D eigenvalue weighted by Gasteiger charge is 2.28. The zero-order valence-corrected chi connectivity index (χ0v) is 10.9. The summed E-state index contributed by atoms with van der Waals surface area (Å²) in [5.41, 5.74) is 0. The summed E-state index contributed by atoms with van der Waals surface area (Å²) < 4.78 is 22.2. The first-order valence-electron chi connectivity index (χ1n) is 6.18. The monoisotopic (exact) mass is 254 g/mol. The van der Waals surface area contributed by atoms with E-state index >= 15 is 0 Å². The average molecular weight is 254 g/mol. The highest BCUT2D eigenvalue weighted by Crippen LogP contribution is 2.17. The third-order valence-electron chi connectivity index (χ3n) is 2.39. The summed E-state index contributed by atoms with van der Waals surface area (Å²) in [4.78, 5) is 0. The van der Waals surface area contributed by atoms with Crippen molar-refractivity contribution in [1.29, 1.82) is 0 Å². The zero-order valence-electron chi connectivity index (χ0n) is 10.9. The number of rotatable bonds is 9. The molecule has 0 bridgehead atoms. The van der Waals surface area contributed by atoms with Crippen molar-refractivity contribution < 1.29 is 18.9 Å². The van der Waals surface area contributed by atoms with Gasteiger partial charge in [-0.25, -0.2) is 0 Å². The van der Waals surface area contributed by atoms with Gasteiger partial charge in [0.15, 0.2) is 6.29 Å². The fourth-order valence-corrected chi connectivity index (χ4v) is 1.62. The molecule has 0 saturated carbocycles. The van der Waals surface area contributed by atoms with E-state index in [1.807, 2.05) is 19.1 Å². The molecule has 0 aromatic carbocycles. The lowest BCUT2D eigenvalue weighted by molar-refractivity contribution is -0.188. The van der Waals surface area contributed by atoms with Crippen LogP contribution in [0.5, 0.6) is 0 Å². The van der Waals surface area contributed by atoms with E-state index in [-0.39, 0.29) is 18.5 Å². The number of hydrogen-bond donors (Lipinski definition) is 0. The van der Waals surface area contributed by atoms with Gasteiger partial charge in [-0.3, -0.25) is 0 Å². The Morgan fingerprint density at radius 3 is 2.61 bits per heavy atom. The Kier molecular flexibility index (Phi) is 7.60. The van der Waals surface area contributed by atoms with Crippen LogP contribution in [0.3, 0.4) is 0 Å². The van der Waals surface area contributed by atoms with Crippen LogP contribution in [0.2, 0.25) is 0 Å². The Balaban J connectivity index is 2.51. The van der Waals surface area contributed by atoms with Gasteiger partial charge >= 0.3 is 0 Å². The van der Waals surface area contributed by atoms with Crippen LogP contribution in [0, 0.1) is 0 Å². The maximum absolute atomic E-state index is 5.76. The minimum absolute atomic E-state index is 0.135. The molecule has 102 valence electrons. The van der Waals surface area contributed by atoms with Gasteiger partial charge in [-0.1, -0.05) is 18.2 Å². The first-order chi connectivity index (χ1) is 8.81. The Labute approximate surface area is 109 Å². The van der Waals surface area contributed by atoms with Crippen molar-refractivity contribution in [3.63, 3.8) is 0 Å². The van der Waals surface area contributed by atoms with E-state index in [9.17, 15) is 0 Å². The molecule has 1 heterocycles. The lowest BCUT2D eigenvalue weighted by Gasteiger charge is -2.31. The van der Waals surface area contributed by atoms with E-state index in [4.69, 9.17) is 18.9 Å². The first-order valence-corrected chi connectivity index (χ1v) is 6.18. The number of hydrogen-bond acceptors (Lipinski definition) is 4. The van der Waals surface area contributed by atoms with Crippen molar-refractivity contribution in [2.75, 3.05) is 26.4 Å². The lowest BCUT2D eigenvalue weighted by atomic mass is 10.1. The molecule has 0 spiro atoms. The fourth-order valence-electron chi connectivity index (χ4n) is 1.62. The fraction of sp³-hybridized carbons (Fsp3) is 0.571. The third-order valence-corrected chi connectivity index (χ3v) is 2.39. The zero-order chi connectivity index (χ0) is 13.2. The van der Waals surface area contributed by atoms with Crippen molar-refractivity contribution in [2.45, 2.75) is 25.4 Å². The smallest absolute Gasteiger partial charge is 0.177 e. The lowest BCUT2D eigenvalue weighted by Crippen LogP contribution is -2.41. The van der Waals surface area contributed by atoms with Crippen LogP contribution in [0.1, 0.15) is 6.92 Å². The second kappa shape index (κ2) is 9.05. The van der Waals surface area contributed by atoms with E-state index in [0.29, 0.717) is 26.4 Å². The average Bonchev–Trinajstić information content (AvgIpc) is 2.38. The van der Waals surface area contributed by atoms with Gasteiger partial charge in [0, 0.05) is 6.61 Å². The minimum Gasteiger partial charge on any atom is -0.375 e. The van der Waals surface area contributed by atoms with Crippen LogP contribution in [0.25, 0.3) is 0 Å². The molecule has 0 aromatic rings. The van der Waals surface area contributed by atoms with Gasteiger partial charge in [0.2, 0.25) is 0 Å². The van der Waals surface area contributed by atoms with Crippen molar-refractivity contribution in [3.8, 4) is 0 Å². The van der Waals surface area contributed by atoms with E-state index in [0.717, 1.165) is 0 Å². The molecule has 0 aromatic heterocycles. The van der Waals surface area contributed by atoms with E-state index in [2.05, 4.69) is 13.2 Å². The molecule has 0 radical (unpaired) electrons. The highest BCUT2D eigenvalue weighted by molar-refractivity contribution is 5.01. The van der Waals surface area contributed by atoms with Crippen LogP contribution in [-0.4, -0.2) is 44.9 Å². The van der Waals surface area contributed by atoms with Gasteiger partial charge in [0.25, 0.3) is 0 Å². The Hall–Kier alpha value is -0.940. The van der Waals surface area contributed by atoms with E-state index < -0.39 is 0 Å². The maximum Gasteiger partial charge on any atom is 0.177 e.